The van der Waals surface area contributed by atoms with Gasteiger partial charge in [-0.2, -0.15) is 5.10 Å². The van der Waals surface area contributed by atoms with Gasteiger partial charge in [-0.3, -0.25) is 5.01 Å². The van der Waals surface area contributed by atoms with E-state index in [9.17, 15) is 5.11 Å². The lowest BCUT2D eigenvalue weighted by Gasteiger charge is -2.30. The molecule has 0 spiro atoms. The second-order valence-corrected chi connectivity index (χ2v) is 5.12. The largest absolute Gasteiger partial charge is 0.507 e. The molecule has 4 nitrogen and oxygen atoms in total. The lowest BCUT2D eigenvalue weighted by molar-refractivity contribution is 0.159. The van der Waals surface area contributed by atoms with E-state index in [1.807, 2.05) is 17.1 Å². The van der Waals surface area contributed by atoms with Gasteiger partial charge in [0.2, 0.25) is 0 Å². The van der Waals surface area contributed by atoms with Crippen LogP contribution in [0.4, 0.5) is 0 Å². The van der Waals surface area contributed by atoms with Crippen LogP contribution in [-0.2, 0) is 0 Å². The minimum Gasteiger partial charge on any atom is -0.507 e. The van der Waals surface area contributed by atoms with Gasteiger partial charge in [0.05, 0.1) is 6.21 Å². The molecule has 1 fully saturated rings. The first-order valence-corrected chi connectivity index (χ1v) is 6.40. The summed E-state index contributed by atoms with van der Waals surface area (Å²) in [5, 5.41) is 16.1. The average Bonchev–Trinajstić information content (AvgIpc) is 2.32. The molecule has 0 radical (unpaired) electrons. The molecule has 1 aromatic rings. The van der Waals surface area contributed by atoms with Gasteiger partial charge in [0.1, 0.15) is 5.75 Å². The van der Waals surface area contributed by atoms with Crippen LogP contribution < -0.4 is 0 Å². The highest BCUT2D eigenvalue weighted by Gasteiger charge is 2.11. The van der Waals surface area contributed by atoms with Crippen LogP contribution >= 0.6 is 28.3 Å². The Bertz CT molecular complexity index is 420. The maximum absolute atomic E-state index is 9.67. The van der Waals surface area contributed by atoms with E-state index < -0.39 is 0 Å². The summed E-state index contributed by atoms with van der Waals surface area (Å²) in [5.41, 5.74) is 0.735. The van der Waals surface area contributed by atoms with Gasteiger partial charge in [-0.05, 0) is 25.2 Å². The number of piperazine rings is 1. The minimum absolute atomic E-state index is 0. The van der Waals surface area contributed by atoms with Gasteiger partial charge in [-0.1, -0.05) is 15.9 Å². The summed E-state index contributed by atoms with van der Waals surface area (Å²) in [6.45, 7) is 3.92. The number of phenolic OH excluding ortho intramolecular Hbond substituents is 1. The summed E-state index contributed by atoms with van der Waals surface area (Å²) in [6.07, 6.45) is 1.71. The molecule has 100 valence electrons. The Balaban J connectivity index is 0.00000162. The Kier molecular flexibility index (Phi) is 5.91. The highest BCUT2D eigenvalue weighted by Crippen LogP contribution is 2.20. The van der Waals surface area contributed by atoms with Crippen molar-refractivity contribution >= 4 is 34.6 Å². The van der Waals surface area contributed by atoms with Gasteiger partial charge in [0.15, 0.2) is 0 Å². The van der Waals surface area contributed by atoms with Gasteiger partial charge < -0.3 is 10.0 Å². The Morgan fingerprint density at radius 3 is 2.61 bits per heavy atom. The van der Waals surface area contributed by atoms with Crippen molar-refractivity contribution in [1.82, 2.24) is 9.91 Å². The molecule has 0 amide bonds. The van der Waals surface area contributed by atoms with Crippen LogP contribution in [0.1, 0.15) is 5.56 Å². The highest BCUT2D eigenvalue weighted by molar-refractivity contribution is 9.10. The number of hydrazone groups is 1. The number of phenols is 1. The van der Waals surface area contributed by atoms with Crippen LogP contribution in [0, 0.1) is 0 Å². The molecule has 1 aromatic carbocycles. The first kappa shape index (κ1) is 15.3. The topological polar surface area (TPSA) is 39.1 Å². The molecular weight excluding hydrogens is 318 g/mol. The highest BCUT2D eigenvalue weighted by atomic mass is 79.9. The fourth-order valence-corrected chi connectivity index (χ4v) is 2.06. The van der Waals surface area contributed by atoms with E-state index in [4.69, 9.17) is 0 Å². The third kappa shape index (κ3) is 4.15. The molecule has 1 aliphatic rings. The predicted molar refractivity (Wildman–Crippen MR) is 79.7 cm³/mol. The van der Waals surface area contributed by atoms with E-state index in [1.54, 1.807) is 12.3 Å². The van der Waals surface area contributed by atoms with Crippen molar-refractivity contribution in [1.29, 1.82) is 0 Å². The molecule has 0 bridgehead atoms. The molecule has 1 aliphatic heterocycles. The Labute approximate surface area is 122 Å². The summed E-state index contributed by atoms with van der Waals surface area (Å²) >= 11 is 3.38. The molecule has 0 atom stereocenters. The number of likely N-dealkylation sites (N-methyl/N-ethyl adjacent to an activating group) is 1. The number of hydrogen-bond acceptors (Lipinski definition) is 4. The van der Waals surface area contributed by atoms with Crippen molar-refractivity contribution in [2.75, 3.05) is 33.2 Å². The lowest BCUT2D eigenvalue weighted by atomic mass is 10.2. The summed E-state index contributed by atoms with van der Waals surface area (Å²) in [5.74, 6) is 0.256. The van der Waals surface area contributed by atoms with Gasteiger partial charge in [0, 0.05) is 36.2 Å². The summed E-state index contributed by atoms with van der Waals surface area (Å²) in [6, 6.07) is 5.33. The average molecular weight is 335 g/mol. The van der Waals surface area contributed by atoms with Gasteiger partial charge in [-0.25, -0.2) is 0 Å². The van der Waals surface area contributed by atoms with Crippen molar-refractivity contribution in [3.63, 3.8) is 0 Å². The number of rotatable bonds is 2. The zero-order valence-corrected chi connectivity index (χ0v) is 12.6. The van der Waals surface area contributed by atoms with Crippen molar-refractivity contribution in [2.24, 2.45) is 5.10 Å². The zero-order chi connectivity index (χ0) is 12.3. The van der Waals surface area contributed by atoms with Crippen LogP contribution in [-0.4, -0.2) is 54.5 Å². The fraction of sp³-hybridized carbons (Fsp3) is 0.417. The molecule has 0 unspecified atom stereocenters. The van der Waals surface area contributed by atoms with E-state index in [0.29, 0.717) is 0 Å². The Morgan fingerprint density at radius 2 is 1.94 bits per heavy atom. The maximum atomic E-state index is 9.67. The normalized spacial score (nSPS) is 16.9. The van der Waals surface area contributed by atoms with Crippen molar-refractivity contribution < 1.29 is 5.11 Å². The number of hydrogen-bond donors (Lipinski definition) is 1. The molecule has 1 N–H and O–H groups in total. The van der Waals surface area contributed by atoms with Crippen molar-refractivity contribution in [3.05, 3.63) is 28.2 Å². The molecule has 0 aliphatic carbocycles. The smallest absolute Gasteiger partial charge is 0.124 e. The number of halogens is 2. The van der Waals surface area contributed by atoms with E-state index in [0.717, 1.165) is 36.2 Å². The maximum Gasteiger partial charge on any atom is 0.124 e. The minimum atomic E-state index is 0. The summed E-state index contributed by atoms with van der Waals surface area (Å²) in [7, 11) is 2.11. The van der Waals surface area contributed by atoms with E-state index >= 15 is 0 Å². The first-order valence-electron chi connectivity index (χ1n) is 5.61. The van der Waals surface area contributed by atoms with Gasteiger partial charge in [-0.15, -0.1) is 12.4 Å². The van der Waals surface area contributed by atoms with Crippen molar-refractivity contribution in [3.8, 4) is 5.75 Å². The van der Waals surface area contributed by atoms with E-state index in [2.05, 4.69) is 33.0 Å². The SMILES string of the molecule is CN1CCN(/N=C/c2cc(Br)ccc2O)CC1.Cl. The zero-order valence-electron chi connectivity index (χ0n) is 10.2. The molecule has 18 heavy (non-hydrogen) atoms. The van der Waals surface area contributed by atoms with Crippen LogP contribution in [0.5, 0.6) is 5.75 Å². The number of aromatic hydroxyl groups is 1. The standard InChI is InChI=1S/C12H16BrN3O.ClH/c1-15-4-6-16(7-5-15)14-9-10-8-11(13)2-3-12(10)17;/h2-3,8-9,17H,4-7H2,1H3;1H/b14-9+;. The molecule has 1 saturated heterocycles. The second-order valence-electron chi connectivity index (χ2n) is 4.20. The molecule has 6 heteroatoms. The van der Waals surface area contributed by atoms with Crippen LogP contribution in [0.3, 0.4) is 0 Å². The Morgan fingerprint density at radius 1 is 1.28 bits per heavy atom. The first-order chi connectivity index (χ1) is 8.15. The van der Waals surface area contributed by atoms with Gasteiger partial charge >= 0.3 is 0 Å². The number of nitrogens with zero attached hydrogens (tertiary/aromatic N) is 3. The lowest BCUT2D eigenvalue weighted by Crippen LogP contribution is -2.41. The van der Waals surface area contributed by atoms with E-state index in [1.165, 1.54) is 0 Å². The molecular formula is C12H17BrClN3O. The monoisotopic (exact) mass is 333 g/mol. The molecule has 0 saturated carbocycles. The van der Waals surface area contributed by atoms with E-state index in [-0.39, 0.29) is 18.2 Å². The van der Waals surface area contributed by atoms with Crippen molar-refractivity contribution in [2.45, 2.75) is 0 Å². The van der Waals surface area contributed by atoms with Crippen LogP contribution in [0.25, 0.3) is 0 Å². The summed E-state index contributed by atoms with van der Waals surface area (Å²) in [4.78, 5) is 2.28. The quantitative estimate of drug-likeness (QED) is 0.843. The third-order valence-electron chi connectivity index (χ3n) is 2.83. The second kappa shape index (κ2) is 6.97. The molecule has 2 rings (SSSR count). The fourth-order valence-electron chi connectivity index (χ4n) is 1.68. The molecule has 0 aromatic heterocycles. The van der Waals surface area contributed by atoms with Crippen LogP contribution in [0.2, 0.25) is 0 Å². The van der Waals surface area contributed by atoms with Gasteiger partial charge in [0.25, 0.3) is 0 Å². The van der Waals surface area contributed by atoms with Crippen LogP contribution in [0.15, 0.2) is 27.8 Å². The predicted octanol–water partition coefficient (Wildman–Crippen LogP) is 2.16. The summed E-state index contributed by atoms with van der Waals surface area (Å²) < 4.78 is 0.940. The molecule has 1 heterocycles. The number of benzene rings is 1. The third-order valence-corrected chi connectivity index (χ3v) is 3.32. The Hall–Kier alpha value is -0.780.